The Kier molecular flexibility index (Phi) is 6.90. The molecule has 2 N–H and O–H groups in total. The molecule has 0 spiro atoms. The molecule has 2 aromatic rings. The second-order valence-corrected chi connectivity index (χ2v) is 6.06. The van der Waals surface area contributed by atoms with E-state index in [-0.39, 0.29) is 35.9 Å². The number of nitriles is 1. The van der Waals surface area contributed by atoms with E-state index in [1.54, 1.807) is 27.0 Å². The molecule has 0 aliphatic heterocycles. The highest BCUT2D eigenvalue weighted by atomic mass is 32.2. The molecule has 144 valence electrons. The van der Waals surface area contributed by atoms with E-state index < -0.39 is 18.0 Å². The molecule has 2 heterocycles. The highest BCUT2D eigenvalue weighted by Crippen LogP contribution is 2.29. The summed E-state index contributed by atoms with van der Waals surface area (Å²) in [4.78, 5) is 24.5. The Morgan fingerprint density at radius 3 is 2.70 bits per heavy atom. The first-order chi connectivity index (χ1) is 13.0. The minimum absolute atomic E-state index is 0.158. The third-order valence-electron chi connectivity index (χ3n) is 3.57. The van der Waals surface area contributed by atoms with Gasteiger partial charge in [0.25, 0.3) is 0 Å². The summed E-state index contributed by atoms with van der Waals surface area (Å²) in [6.45, 7) is 5.35. The normalized spacial score (nSPS) is 11.5. The second kappa shape index (κ2) is 9.14. The Morgan fingerprint density at radius 1 is 1.41 bits per heavy atom. The summed E-state index contributed by atoms with van der Waals surface area (Å²) >= 11 is 1.29. The zero-order valence-corrected chi connectivity index (χ0v) is 16.2. The van der Waals surface area contributed by atoms with E-state index in [1.807, 2.05) is 6.07 Å². The number of aromatic nitrogens is 2. The molecule has 1 unspecified atom stereocenters. The maximum absolute atomic E-state index is 12.5. The monoisotopic (exact) mass is 392 g/mol. The van der Waals surface area contributed by atoms with Crippen LogP contribution in [-0.2, 0) is 14.3 Å². The molecule has 2 rings (SSSR count). The number of hydrogen-bond acceptors (Lipinski definition) is 9. The number of nitrogens with zero attached hydrogens (tertiary/aromatic N) is 2. The smallest absolute Gasteiger partial charge is 0.341 e. The topological polar surface area (TPSA) is 130 Å². The summed E-state index contributed by atoms with van der Waals surface area (Å²) in [5, 5.41) is 19.5. The van der Waals surface area contributed by atoms with Gasteiger partial charge < -0.3 is 19.2 Å². The summed E-state index contributed by atoms with van der Waals surface area (Å²) in [6.07, 6.45) is 1.78. The van der Waals surface area contributed by atoms with E-state index in [0.717, 1.165) is 0 Å². The third-order valence-corrected chi connectivity index (χ3v) is 4.25. The number of nitrogens with one attached hydrogen (secondary N) is 2. The number of anilines is 1. The van der Waals surface area contributed by atoms with Crippen LogP contribution in [0.15, 0.2) is 15.5 Å². The lowest BCUT2D eigenvalue weighted by Gasteiger charge is -2.15. The summed E-state index contributed by atoms with van der Waals surface area (Å²) in [5.74, 6) is -0.429. The molecule has 0 saturated heterocycles. The van der Waals surface area contributed by atoms with E-state index in [0.29, 0.717) is 10.8 Å². The van der Waals surface area contributed by atoms with Gasteiger partial charge in [0.2, 0.25) is 0 Å². The van der Waals surface area contributed by atoms with Crippen molar-refractivity contribution in [1.29, 1.82) is 5.26 Å². The average Bonchev–Trinajstić information content (AvgIpc) is 3.22. The van der Waals surface area contributed by atoms with E-state index in [9.17, 15) is 14.9 Å². The van der Waals surface area contributed by atoms with Crippen molar-refractivity contribution in [3.63, 3.8) is 0 Å². The lowest BCUT2D eigenvalue weighted by molar-refractivity contribution is -0.144. The molecule has 0 saturated carbocycles. The predicted octanol–water partition coefficient (Wildman–Crippen LogP) is 2.80. The van der Waals surface area contributed by atoms with Crippen LogP contribution in [0, 0.1) is 18.3 Å². The maximum Gasteiger partial charge on any atom is 0.341 e. The van der Waals surface area contributed by atoms with Crippen molar-refractivity contribution in [3.05, 3.63) is 28.7 Å². The minimum atomic E-state index is -1.07. The van der Waals surface area contributed by atoms with Gasteiger partial charge in [-0.3, -0.25) is 5.10 Å². The fourth-order valence-electron chi connectivity index (χ4n) is 2.36. The van der Waals surface area contributed by atoms with Crippen molar-refractivity contribution >= 4 is 29.5 Å². The van der Waals surface area contributed by atoms with Crippen LogP contribution in [0.5, 0.6) is 0 Å². The van der Waals surface area contributed by atoms with Gasteiger partial charge in [0, 0.05) is 0 Å². The summed E-state index contributed by atoms with van der Waals surface area (Å²) in [7, 11) is 0. The lowest BCUT2D eigenvalue weighted by Crippen LogP contribution is -2.23. The van der Waals surface area contributed by atoms with Crippen LogP contribution < -0.4 is 5.32 Å². The molecule has 0 bridgehead atoms. The highest BCUT2D eigenvalue weighted by Gasteiger charge is 2.30. The van der Waals surface area contributed by atoms with Crippen LogP contribution in [0.25, 0.3) is 0 Å². The van der Waals surface area contributed by atoms with Crippen LogP contribution in [0.4, 0.5) is 5.82 Å². The molecule has 0 fully saturated rings. The van der Waals surface area contributed by atoms with Crippen molar-refractivity contribution in [3.8, 4) is 6.07 Å². The number of aromatic amines is 1. The van der Waals surface area contributed by atoms with Crippen LogP contribution in [0.1, 0.15) is 47.3 Å². The summed E-state index contributed by atoms with van der Waals surface area (Å²) < 4.78 is 15.7. The van der Waals surface area contributed by atoms with E-state index in [1.165, 1.54) is 17.8 Å². The predicted molar refractivity (Wildman–Crippen MR) is 97.5 cm³/mol. The van der Waals surface area contributed by atoms with E-state index in [4.69, 9.17) is 13.9 Å². The Morgan fingerprint density at radius 2 is 2.11 bits per heavy atom. The minimum Gasteiger partial charge on any atom is -0.464 e. The standard InChI is InChI=1S/C17H20N4O5S/c1-5-24-16(22)10-7-12(26-9(10)3)13(17(23)25-6-2)19-14-11(8-18)15(27-4)21-20-14/h7,13H,5-6H2,1-4H3,(H2,19,20,21). The Labute approximate surface area is 160 Å². The maximum atomic E-state index is 12.5. The highest BCUT2D eigenvalue weighted by molar-refractivity contribution is 7.98. The number of H-pyrrole nitrogens is 1. The van der Waals surface area contributed by atoms with Gasteiger partial charge in [0.05, 0.1) is 13.2 Å². The van der Waals surface area contributed by atoms with Crippen LogP contribution in [-0.4, -0.2) is 41.6 Å². The molecule has 10 heteroatoms. The number of aryl methyl sites for hydroxylation is 1. The molecule has 2 aromatic heterocycles. The summed E-state index contributed by atoms with van der Waals surface area (Å²) in [5.41, 5.74) is 0.489. The van der Waals surface area contributed by atoms with Gasteiger partial charge in [-0.2, -0.15) is 10.4 Å². The number of ether oxygens (including phenoxy) is 2. The van der Waals surface area contributed by atoms with Crippen molar-refractivity contribution in [2.75, 3.05) is 24.8 Å². The second-order valence-electron chi connectivity index (χ2n) is 5.26. The number of rotatable bonds is 8. The first-order valence-corrected chi connectivity index (χ1v) is 9.42. The van der Waals surface area contributed by atoms with Crippen molar-refractivity contribution < 1.29 is 23.5 Å². The summed E-state index contributed by atoms with van der Waals surface area (Å²) in [6, 6.07) is 2.40. The number of furan rings is 1. The molecule has 0 amide bonds. The van der Waals surface area contributed by atoms with Crippen LogP contribution >= 0.6 is 11.8 Å². The van der Waals surface area contributed by atoms with E-state index >= 15 is 0 Å². The molecule has 1 atom stereocenters. The fraction of sp³-hybridized carbons (Fsp3) is 0.412. The number of hydrogen-bond donors (Lipinski definition) is 2. The molecule has 27 heavy (non-hydrogen) atoms. The zero-order chi connectivity index (χ0) is 20.0. The molecule has 0 aliphatic carbocycles. The average molecular weight is 392 g/mol. The van der Waals surface area contributed by atoms with Crippen molar-refractivity contribution in [2.45, 2.75) is 31.8 Å². The first-order valence-electron chi connectivity index (χ1n) is 8.19. The van der Waals surface area contributed by atoms with Crippen LogP contribution in [0.3, 0.4) is 0 Å². The SMILES string of the molecule is CCOC(=O)c1cc(C(Nc2[nH]nc(SC)c2C#N)C(=O)OCC)oc1C. The fourth-order valence-corrected chi connectivity index (χ4v) is 2.85. The van der Waals surface area contributed by atoms with Gasteiger partial charge >= 0.3 is 11.9 Å². The largest absolute Gasteiger partial charge is 0.464 e. The van der Waals surface area contributed by atoms with E-state index in [2.05, 4.69) is 15.5 Å². The molecule has 0 aromatic carbocycles. The van der Waals surface area contributed by atoms with Gasteiger partial charge in [-0.15, -0.1) is 11.8 Å². The van der Waals surface area contributed by atoms with Gasteiger partial charge in [-0.05, 0) is 33.1 Å². The number of thioether (sulfide) groups is 1. The quantitative estimate of drug-likeness (QED) is 0.514. The van der Waals surface area contributed by atoms with Crippen molar-refractivity contribution in [1.82, 2.24) is 10.2 Å². The molecule has 0 aliphatic rings. The van der Waals surface area contributed by atoms with Gasteiger partial charge in [0.1, 0.15) is 39.6 Å². The lowest BCUT2D eigenvalue weighted by atomic mass is 10.1. The molecular formula is C17H20N4O5S. The molecule has 0 radical (unpaired) electrons. The number of carbonyl (C=O) groups is 2. The van der Waals surface area contributed by atoms with Gasteiger partial charge in [0.15, 0.2) is 6.04 Å². The number of carbonyl (C=O) groups excluding carboxylic acids is 2. The molecular weight excluding hydrogens is 372 g/mol. The Bertz CT molecular complexity index is 867. The third kappa shape index (κ3) is 4.43. The Balaban J connectivity index is 2.40. The zero-order valence-electron chi connectivity index (χ0n) is 15.4. The van der Waals surface area contributed by atoms with Gasteiger partial charge in [-0.1, -0.05) is 0 Å². The number of esters is 2. The van der Waals surface area contributed by atoms with Gasteiger partial charge in [-0.25, -0.2) is 9.59 Å². The van der Waals surface area contributed by atoms with Crippen molar-refractivity contribution in [2.24, 2.45) is 0 Å². The van der Waals surface area contributed by atoms with Crippen LogP contribution in [0.2, 0.25) is 0 Å². The first kappa shape index (κ1) is 20.4. The Hall–Kier alpha value is -2.93. The molecule has 9 nitrogen and oxygen atoms in total.